The predicted octanol–water partition coefficient (Wildman–Crippen LogP) is 1.43. The molecule has 0 aromatic heterocycles. The first-order valence-electron chi connectivity index (χ1n) is 7.14. The standard InChI is InChI=1S/C14H28N4O2/c1-10-9-11(10)17-12(15-5)16-7-8-18(6)13(19)20-14(2,3)4/h10-11H,7-9H2,1-6H3,(H2,15,16,17). The van der Waals surface area contributed by atoms with Gasteiger partial charge in [0.2, 0.25) is 0 Å². The number of nitrogens with one attached hydrogen (secondary N) is 2. The van der Waals surface area contributed by atoms with Crippen LogP contribution in [0, 0.1) is 5.92 Å². The number of nitrogens with zero attached hydrogens (tertiary/aromatic N) is 2. The van der Waals surface area contributed by atoms with Crippen molar-refractivity contribution in [1.82, 2.24) is 15.5 Å². The Balaban J connectivity index is 2.23. The van der Waals surface area contributed by atoms with Gasteiger partial charge in [-0.2, -0.15) is 0 Å². The van der Waals surface area contributed by atoms with Gasteiger partial charge in [0.15, 0.2) is 5.96 Å². The molecule has 1 rings (SSSR count). The first kappa shape index (κ1) is 16.6. The Morgan fingerprint density at radius 1 is 1.45 bits per heavy atom. The predicted molar refractivity (Wildman–Crippen MR) is 80.9 cm³/mol. The number of hydrogen-bond acceptors (Lipinski definition) is 3. The summed E-state index contributed by atoms with van der Waals surface area (Å²) >= 11 is 0. The topological polar surface area (TPSA) is 66.0 Å². The van der Waals surface area contributed by atoms with Gasteiger partial charge in [-0.15, -0.1) is 0 Å². The van der Waals surface area contributed by atoms with Crippen LogP contribution < -0.4 is 10.6 Å². The number of hydrogen-bond donors (Lipinski definition) is 2. The number of carbonyl (C=O) groups excluding carboxylic acids is 1. The Kier molecular flexibility index (Phi) is 5.65. The van der Waals surface area contributed by atoms with Crippen molar-refractivity contribution in [2.75, 3.05) is 27.2 Å². The largest absolute Gasteiger partial charge is 0.444 e. The van der Waals surface area contributed by atoms with Crippen molar-refractivity contribution in [3.8, 4) is 0 Å². The van der Waals surface area contributed by atoms with E-state index < -0.39 is 5.60 Å². The van der Waals surface area contributed by atoms with Crippen LogP contribution in [-0.2, 0) is 4.74 Å². The monoisotopic (exact) mass is 284 g/mol. The van der Waals surface area contributed by atoms with Crippen LogP contribution in [0.5, 0.6) is 0 Å². The van der Waals surface area contributed by atoms with Crippen LogP contribution >= 0.6 is 0 Å². The highest BCUT2D eigenvalue weighted by atomic mass is 16.6. The van der Waals surface area contributed by atoms with Crippen LogP contribution in [0.25, 0.3) is 0 Å². The van der Waals surface area contributed by atoms with E-state index in [9.17, 15) is 4.79 Å². The molecular formula is C14H28N4O2. The molecule has 1 aliphatic carbocycles. The fourth-order valence-electron chi connectivity index (χ4n) is 1.67. The zero-order valence-corrected chi connectivity index (χ0v) is 13.5. The van der Waals surface area contributed by atoms with Gasteiger partial charge in [0, 0.05) is 33.2 Å². The Bertz CT molecular complexity index is 363. The Hall–Kier alpha value is -1.46. The van der Waals surface area contributed by atoms with E-state index in [0.29, 0.717) is 19.1 Å². The molecule has 6 nitrogen and oxygen atoms in total. The van der Waals surface area contributed by atoms with Gasteiger partial charge in [-0.05, 0) is 33.1 Å². The van der Waals surface area contributed by atoms with Gasteiger partial charge >= 0.3 is 6.09 Å². The van der Waals surface area contributed by atoms with Crippen molar-refractivity contribution in [3.05, 3.63) is 0 Å². The highest BCUT2D eigenvalue weighted by Gasteiger charge is 2.33. The average Bonchev–Trinajstić information content (AvgIpc) is 3.01. The number of ether oxygens (including phenoxy) is 1. The molecule has 0 radical (unpaired) electrons. The summed E-state index contributed by atoms with van der Waals surface area (Å²) in [5.74, 6) is 1.51. The molecule has 0 aliphatic heterocycles. The number of guanidine groups is 1. The summed E-state index contributed by atoms with van der Waals surface area (Å²) < 4.78 is 5.29. The molecule has 1 fully saturated rings. The van der Waals surface area contributed by atoms with Crippen LogP contribution in [0.2, 0.25) is 0 Å². The molecule has 0 spiro atoms. The van der Waals surface area contributed by atoms with E-state index >= 15 is 0 Å². The highest BCUT2D eigenvalue weighted by Crippen LogP contribution is 2.28. The first-order valence-corrected chi connectivity index (χ1v) is 7.14. The molecule has 1 saturated carbocycles. The third-order valence-electron chi connectivity index (χ3n) is 3.10. The third kappa shape index (κ3) is 6.12. The number of likely N-dealkylation sites (N-methyl/N-ethyl adjacent to an activating group) is 1. The quantitative estimate of drug-likeness (QED) is 0.605. The van der Waals surface area contributed by atoms with Crippen molar-refractivity contribution in [3.63, 3.8) is 0 Å². The molecule has 1 amide bonds. The van der Waals surface area contributed by atoms with Gasteiger partial charge in [-0.3, -0.25) is 4.99 Å². The number of aliphatic imine (C=N–C) groups is 1. The summed E-state index contributed by atoms with van der Waals surface area (Å²) in [5, 5.41) is 6.54. The smallest absolute Gasteiger partial charge is 0.410 e. The minimum Gasteiger partial charge on any atom is -0.444 e. The van der Waals surface area contributed by atoms with Crippen LogP contribution in [0.3, 0.4) is 0 Å². The Labute approximate surface area is 122 Å². The fraction of sp³-hybridized carbons (Fsp3) is 0.857. The minimum atomic E-state index is -0.460. The van der Waals surface area contributed by atoms with Crippen molar-refractivity contribution in [1.29, 1.82) is 0 Å². The summed E-state index contributed by atoms with van der Waals surface area (Å²) in [7, 11) is 3.48. The van der Waals surface area contributed by atoms with Crippen molar-refractivity contribution in [2.45, 2.75) is 45.8 Å². The Morgan fingerprint density at radius 2 is 2.05 bits per heavy atom. The third-order valence-corrected chi connectivity index (χ3v) is 3.10. The second-order valence-electron chi connectivity index (χ2n) is 6.36. The Morgan fingerprint density at radius 3 is 2.50 bits per heavy atom. The minimum absolute atomic E-state index is 0.307. The molecule has 20 heavy (non-hydrogen) atoms. The molecule has 0 saturated heterocycles. The van der Waals surface area contributed by atoms with Crippen LogP contribution in [0.1, 0.15) is 34.1 Å². The maximum absolute atomic E-state index is 11.8. The summed E-state index contributed by atoms with van der Waals surface area (Å²) in [6.07, 6.45) is 0.886. The summed E-state index contributed by atoms with van der Waals surface area (Å²) in [6.45, 7) is 8.99. The molecule has 0 aromatic carbocycles. The van der Waals surface area contributed by atoms with E-state index in [2.05, 4.69) is 22.5 Å². The average molecular weight is 284 g/mol. The summed E-state index contributed by atoms with van der Waals surface area (Å²) in [6, 6.07) is 0.532. The maximum Gasteiger partial charge on any atom is 0.410 e. The van der Waals surface area contributed by atoms with Crippen molar-refractivity contribution < 1.29 is 9.53 Å². The van der Waals surface area contributed by atoms with E-state index in [4.69, 9.17) is 4.74 Å². The number of rotatable bonds is 4. The molecule has 2 unspecified atom stereocenters. The molecule has 6 heteroatoms. The SMILES string of the molecule is CN=C(NCCN(C)C(=O)OC(C)(C)C)NC1CC1C. The molecule has 0 aromatic rings. The number of carbonyl (C=O) groups is 1. The van der Waals surface area contributed by atoms with Gasteiger partial charge in [-0.1, -0.05) is 6.92 Å². The second-order valence-corrected chi connectivity index (χ2v) is 6.36. The second kappa shape index (κ2) is 6.81. The van der Waals surface area contributed by atoms with Crippen LogP contribution in [0.4, 0.5) is 4.79 Å². The molecule has 2 N–H and O–H groups in total. The van der Waals surface area contributed by atoms with Crippen molar-refractivity contribution in [2.24, 2.45) is 10.9 Å². The first-order chi connectivity index (χ1) is 9.23. The van der Waals surface area contributed by atoms with E-state index in [-0.39, 0.29) is 6.09 Å². The van der Waals surface area contributed by atoms with E-state index in [0.717, 1.165) is 11.9 Å². The molecule has 2 atom stereocenters. The maximum atomic E-state index is 11.8. The van der Waals surface area contributed by atoms with Gasteiger partial charge < -0.3 is 20.3 Å². The molecule has 0 heterocycles. The number of amides is 1. The molecule has 0 bridgehead atoms. The lowest BCUT2D eigenvalue weighted by Gasteiger charge is -2.24. The molecule has 1 aliphatic rings. The molecular weight excluding hydrogens is 256 g/mol. The lowest BCUT2D eigenvalue weighted by molar-refractivity contribution is 0.0302. The highest BCUT2D eigenvalue weighted by molar-refractivity contribution is 5.80. The van der Waals surface area contributed by atoms with Gasteiger partial charge in [-0.25, -0.2) is 4.79 Å². The van der Waals surface area contributed by atoms with Gasteiger partial charge in [0.05, 0.1) is 0 Å². The van der Waals surface area contributed by atoms with Crippen LogP contribution in [-0.4, -0.2) is 55.8 Å². The molecule has 116 valence electrons. The normalized spacial score (nSPS) is 22.2. The van der Waals surface area contributed by atoms with E-state index in [1.165, 1.54) is 6.42 Å². The van der Waals surface area contributed by atoms with Crippen molar-refractivity contribution >= 4 is 12.1 Å². The lowest BCUT2D eigenvalue weighted by Crippen LogP contribution is -2.43. The van der Waals surface area contributed by atoms with E-state index in [1.807, 2.05) is 20.8 Å². The van der Waals surface area contributed by atoms with Crippen LogP contribution in [0.15, 0.2) is 4.99 Å². The summed E-state index contributed by atoms with van der Waals surface area (Å²) in [5.41, 5.74) is -0.460. The zero-order valence-electron chi connectivity index (χ0n) is 13.5. The van der Waals surface area contributed by atoms with E-state index in [1.54, 1.807) is 19.0 Å². The lowest BCUT2D eigenvalue weighted by atomic mass is 10.2. The fourth-order valence-corrected chi connectivity index (χ4v) is 1.67. The van der Waals surface area contributed by atoms with Gasteiger partial charge in [0.1, 0.15) is 5.60 Å². The summed E-state index contributed by atoms with van der Waals surface area (Å²) in [4.78, 5) is 17.5. The zero-order chi connectivity index (χ0) is 15.3. The van der Waals surface area contributed by atoms with Gasteiger partial charge in [0.25, 0.3) is 0 Å².